The zero-order valence-electron chi connectivity index (χ0n) is 15.0. The van der Waals surface area contributed by atoms with Crippen molar-refractivity contribution in [3.05, 3.63) is 36.4 Å². The lowest BCUT2D eigenvalue weighted by atomic mass is 9.98. The molecule has 1 heterocycles. The molecule has 0 aromatic heterocycles. The number of anilines is 1. The standard InChI is InChI=1S/C19H25NO4/c1-14(21)9-8-12-19(5)13-20(17(22)24-18(2,3)4)15-10-6-7-11-16(15)23-19/h6-11H,12-13H2,1-5H3/b9-8+. The number of hydrogen-bond donors (Lipinski definition) is 0. The van der Waals surface area contributed by atoms with Gasteiger partial charge in [-0.1, -0.05) is 18.2 Å². The second-order valence-electron chi connectivity index (χ2n) is 7.30. The van der Waals surface area contributed by atoms with Gasteiger partial charge in [-0.05, 0) is 52.8 Å². The van der Waals surface area contributed by atoms with Crippen LogP contribution in [0, 0.1) is 0 Å². The number of carbonyl (C=O) groups is 2. The molecule has 24 heavy (non-hydrogen) atoms. The molecule has 0 spiro atoms. The van der Waals surface area contributed by atoms with Crippen LogP contribution in [0.4, 0.5) is 10.5 Å². The Kier molecular flexibility index (Phi) is 5.02. The summed E-state index contributed by atoms with van der Waals surface area (Å²) in [5.41, 5.74) is -0.508. The molecule has 130 valence electrons. The molecule has 0 aliphatic carbocycles. The SMILES string of the molecule is CC(=O)/C=C/CC1(C)CN(C(=O)OC(C)(C)C)c2ccccc2O1. The van der Waals surface area contributed by atoms with Crippen LogP contribution in [0.5, 0.6) is 5.75 Å². The highest BCUT2D eigenvalue weighted by Gasteiger charge is 2.39. The number of allylic oxidation sites excluding steroid dienone is 1. The van der Waals surface area contributed by atoms with Gasteiger partial charge in [-0.2, -0.15) is 0 Å². The number of fused-ring (bicyclic) bond motifs is 1. The summed E-state index contributed by atoms with van der Waals surface area (Å²) in [5, 5.41) is 0. The quantitative estimate of drug-likeness (QED) is 0.782. The molecular weight excluding hydrogens is 306 g/mol. The molecule has 1 aliphatic rings. The lowest BCUT2D eigenvalue weighted by molar-refractivity contribution is -0.112. The number of amides is 1. The van der Waals surface area contributed by atoms with E-state index in [0.717, 1.165) is 0 Å². The maximum Gasteiger partial charge on any atom is 0.415 e. The fraction of sp³-hybridized carbons (Fsp3) is 0.474. The second-order valence-corrected chi connectivity index (χ2v) is 7.30. The Morgan fingerprint density at radius 3 is 2.62 bits per heavy atom. The van der Waals surface area contributed by atoms with E-state index in [2.05, 4.69) is 0 Å². The molecule has 5 heteroatoms. The fourth-order valence-corrected chi connectivity index (χ4v) is 2.54. The van der Waals surface area contributed by atoms with Crippen LogP contribution in [-0.4, -0.2) is 29.6 Å². The molecule has 1 amide bonds. The zero-order chi connectivity index (χ0) is 18.0. The van der Waals surface area contributed by atoms with Gasteiger partial charge in [0.2, 0.25) is 0 Å². The summed E-state index contributed by atoms with van der Waals surface area (Å²) < 4.78 is 11.6. The first-order chi connectivity index (χ1) is 11.1. The predicted molar refractivity (Wildman–Crippen MR) is 93.5 cm³/mol. The normalized spacial score (nSPS) is 20.5. The van der Waals surface area contributed by atoms with Gasteiger partial charge in [0.15, 0.2) is 5.78 Å². The first-order valence-electron chi connectivity index (χ1n) is 8.05. The van der Waals surface area contributed by atoms with Crippen molar-refractivity contribution in [1.82, 2.24) is 0 Å². The second kappa shape index (κ2) is 6.67. The van der Waals surface area contributed by atoms with E-state index < -0.39 is 17.3 Å². The minimum absolute atomic E-state index is 0.0150. The van der Waals surface area contributed by atoms with Gasteiger partial charge in [0, 0.05) is 6.42 Å². The van der Waals surface area contributed by atoms with Crippen LogP contribution >= 0.6 is 0 Å². The molecule has 2 rings (SSSR count). The molecule has 0 fully saturated rings. The zero-order valence-corrected chi connectivity index (χ0v) is 15.0. The monoisotopic (exact) mass is 331 g/mol. The van der Waals surface area contributed by atoms with E-state index in [9.17, 15) is 9.59 Å². The van der Waals surface area contributed by atoms with Crippen molar-refractivity contribution in [1.29, 1.82) is 0 Å². The van der Waals surface area contributed by atoms with E-state index >= 15 is 0 Å². The Morgan fingerprint density at radius 2 is 2.00 bits per heavy atom. The average Bonchev–Trinajstić information content (AvgIpc) is 2.44. The smallest absolute Gasteiger partial charge is 0.415 e. The maximum absolute atomic E-state index is 12.6. The van der Waals surface area contributed by atoms with Crippen molar-refractivity contribution in [3.63, 3.8) is 0 Å². The fourth-order valence-electron chi connectivity index (χ4n) is 2.54. The van der Waals surface area contributed by atoms with E-state index in [1.807, 2.05) is 52.0 Å². The highest BCUT2D eigenvalue weighted by atomic mass is 16.6. The first-order valence-corrected chi connectivity index (χ1v) is 8.05. The van der Waals surface area contributed by atoms with Gasteiger partial charge in [0.05, 0.1) is 12.2 Å². The molecule has 0 saturated carbocycles. The van der Waals surface area contributed by atoms with Crippen molar-refractivity contribution in [3.8, 4) is 5.75 Å². The lowest BCUT2D eigenvalue weighted by Gasteiger charge is -2.41. The molecule has 0 bridgehead atoms. The summed E-state index contributed by atoms with van der Waals surface area (Å²) in [6.07, 6.45) is 3.41. The highest BCUT2D eigenvalue weighted by molar-refractivity contribution is 5.91. The van der Waals surface area contributed by atoms with Gasteiger partial charge in [0.1, 0.15) is 17.0 Å². The molecule has 0 radical (unpaired) electrons. The number of carbonyl (C=O) groups excluding carboxylic acids is 2. The van der Waals surface area contributed by atoms with Crippen molar-refractivity contribution in [2.75, 3.05) is 11.4 Å². The third kappa shape index (κ3) is 4.60. The van der Waals surface area contributed by atoms with Crippen LogP contribution in [0.1, 0.15) is 41.0 Å². The van der Waals surface area contributed by atoms with Gasteiger partial charge in [-0.25, -0.2) is 4.79 Å². The molecule has 0 N–H and O–H groups in total. The van der Waals surface area contributed by atoms with Gasteiger partial charge >= 0.3 is 6.09 Å². The van der Waals surface area contributed by atoms with Crippen molar-refractivity contribution in [2.24, 2.45) is 0 Å². The predicted octanol–water partition coefficient (Wildman–Crippen LogP) is 4.11. The number of ether oxygens (including phenoxy) is 2. The Hall–Kier alpha value is -2.30. The third-order valence-corrected chi connectivity index (χ3v) is 3.52. The van der Waals surface area contributed by atoms with E-state index in [-0.39, 0.29) is 5.78 Å². The maximum atomic E-state index is 12.6. The van der Waals surface area contributed by atoms with Gasteiger partial charge in [0.25, 0.3) is 0 Å². The third-order valence-electron chi connectivity index (χ3n) is 3.52. The minimum Gasteiger partial charge on any atom is -0.483 e. The number of hydrogen-bond acceptors (Lipinski definition) is 4. The van der Waals surface area contributed by atoms with E-state index in [4.69, 9.17) is 9.47 Å². The highest BCUT2D eigenvalue weighted by Crippen LogP contribution is 2.38. The summed E-state index contributed by atoms with van der Waals surface area (Å²) >= 11 is 0. The van der Waals surface area contributed by atoms with Crippen molar-refractivity contribution >= 4 is 17.6 Å². The largest absolute Gasteiger partial charge is 0.483 e. The van der Waals surface area contributed by atoms with E-state index in [0.29, 0.717) is 24.4 Å². The summed E-state index contributed by atoms with van der Waals surface area (Å²) in [7, 11) is 0. The van der Waals surface area contributed by atoms with Gasteiger partial charge in [-0.3, -0.25) is 9.69 Å². The number of rotatable bonds is 3. The first kappa shape index (κ1) is 18.0. The molecule has 5 nitrogen and oxygen atoms in total. The van der Waals surface area contributed by atoms with Crippen molar-refractivity contribution < 1.29 is 19.1 Å². The molecule has 0 saturated heterocycles. The van der Waals surface area contributed by atoms with Crippen LogP contribution < -0.4 is 9.64 Å². The van der Waals surface area contributed by atoms with Crippen LogP contribution in [0.15, 0.2) is 36.4 Å². The number of nitrogens with zero attached hydrogens (tertiary/aromatic N) is 1. The van der Waals surface area contributed by atoms with E-state index in [1.54, 1.807) is 11.0 Å². The molecule has 1 aromatic carbocycles. The van der Waals surface area contributed by atoms with Crippen LogP contribution in [0.25, 0.3) is 0 Å². The van der Waals surface area contributed by atoms with Crippen LogP contribution in [0.3, 0.4) is 0 Å². The minimum atomic E-state index is -0.628. The Morgan fingerprint density at radius 1 is 1.33 bits per heavy atom. The Labute approximate surface area is 143 Å². The molecular formula is C19H25NO4. The summed E-state index contributed by atoms with van der Waals surface area (Å²) in [5.74, 6) is 0.618. The van der Waals surface area contributed by atoms with Gasteiger partial charge < -0.3 is 9.47 Å². The molecule has 1 atom stereocenters. The Bertz CT molecular complexity index is 660. The van der Waals surface area contributed by atoms with Crippen LogP contribution in [-0.2, 0) is 9.53 Å². The number of benzene rings is 1. The van der Waals surface area contributed by atoms with Gasteiger partial charge in [-0.15, -0.1) is 0 Å². The summed E-state index contributed by atoms with van der Waals surface area (Å²) in [6, 6.07) is 7.39. The molecule has 1 aliphatic heterocycles. The topological polar surface area (TPSA) is 55.8 Å². The van der Waals surface area contributed by atoms with Crippen LogP contribution in [0.2, 0.25) is 0 Å². The molecule has 1 aromatic rings. The lowest BCUT2D eigenvalue weighted by Crippen LogP contribution is -2.52. The molecule has 1 unspecified atom stereocenters. The Balaban J connectivity index is 2.29. The number of para-hydroxylation sites is 2. The average molecular weight is 331 g/mol. The summed E-state index contributed by atoms with van der Waals surface area (Å²) in [6.45, 7) is 9.29. The van der Waals surface area contributed by atoms with Crippen molar-refractivity contribution in [2.45, 2.75) is 52.2 Å². The van der Waals surface area contributed by atoms with E-state index in [1.165, 1.54) is 13.0 Å². The summed E-state index contributed by atoms with van der Waals surface area (Å²) in [4.78, 5) is 25.3. The number of ketones is 1.